The van der Waals surface area contributed by atoms with E-state index in [4.69, 9.17) is 4.42 Å². The number of aromatic hydroxyl groups is 1. The Bertz CT molecular complexity index is 1130. The molecular formula is C21H25N3O4S. The van der Waals surface area contributed by atoms with Crippen LogP contribution < -0.4 is 10.7 Å². The molecule has 0 spiro atoms. The molecule has 154 valence electrons. The molecule has 0 aliphatic heterocycles. The molecule has 2 aromatic heterocycles. The Morgan fingerprint density at radius 2 is 2.07 bits per heavy atom. The molecule has 8 heteroatoms. The molecule has 29 heavy (non-hydrogen) atoms. The van der Waals surface area contributed by atoms with Crippen LogP contribution in [0.5, 0.6) is 5.75 Å². The number of carbonyl (C=O) groups excluding carboxylic acids is 1. The Kier molecular flexibility index (Phi) is 5.75. The van der Waals surface area contributed by atoms with Crippen LogP contribution >= 0.6 is 11.8 Å². The van der Waals surface area contributed by atoms with Gasteiger partial charge in [0.25, 0.3) is 5.22 Å². The molecule has 3 aromatic rings. The fourth-order valence-corrected chi connectivity index (χ4v) is 3.69. The van der Waals surface area contributed by atoms with Gasteiger partial charge in [0.2, 0.25) is 11.3 Å². The molecule has 0 aliphatic carbocycles. The molecule has 3 rings (SSSR count). The van der Waals surface area contributed by atoms with Crippen LogP contribution in [-0.2, 0) is 23.8 Å². The van der Waals surface area contributed by atoms with Gasteiger partial charge in [0.05, 0.1) is 18.0 Å². The fraction of sp³-hybridized carbons (Fsp3) is 0.381. The van der Waals surface area contributed by atoms with E-state index in [1.54, 1.807) is 18.5 Å². The highest BCUT2D eigenvalue weighted by Gasteiger charge is 2.20. The summed E-state index contributed by atoms with van der Waals surface area (Å²) < 4.78 is 7.45. The molecule has 0 unspecified atom stereocenters. The number of thioether (sulfide) groups is 1. The maximum absolute atomic E-state index is 12.3. The summed E-state index contributed by atoms with van der Waals surface area (Å²) in [6.07, 6.45) is 0. The third kappa shape index (κ3) is 4.48. The maximum atomic E-state index is 12.3. The Hall–Kier alpha value is -2.74. The maximum Gasteiger partial charge on any atom is 0.257 e. The van der Waals surface area contributed by atoms with E-state index in [1.165, 1.54) is 17.8 Å². The van der Waals surface area contributed by atoms with Crippen molar-refractivity contribution in [2.75, 3.05) is 5.75 Å². The topological polar surface area (TPSA) is 97.4 Å². The van der Waals surface area contributed by atoms with Crippen molar-refractivity contribution in [1.29, 1.82) is 0 Å². The molecule has 1 aromatic carbocycles. The van der Waals surface area contributed by atoms with Crippen molar-refractivity contribution >= 4 is 28.8 Å². The van der Waals surface area contributed by atoms with Crippen LogP contribution in [0.1, 0.15) is 37.7 Å². The lowest BCUT2D eigenvalue weighted by Gasteiger charge is -2.18. The van der Waals surface area contributed by atoms with E-state index in [-0.39, 0.29) is 29.4 Å². The van der Waals surface area contributed by atoms with Crippen LogP contribution in [-0.4, -0.2) is 26.3 Å². The number of oxazole rings is 1. The van der Waals surface area contributed by atoms with Gasteiger partial charge < -0.3 is 19.4 Å². The Morgan fingerprint density at radius 1 is 1.34 bits per heavy atom. The molecule has 0 fully saturated rings. The van der Waals surface area contributed by atoms with Gasteiger partial charge >= 0.3 is 0 Å². The predicted molar refractivity (Wildman–Crippen MR) is 113 cm³/mol. The Morgan fingerprint density at radius 3 is 2.76 bits per heavy atom. The van der Waals surface area contributed by atoms with Gasteiger partial charge in [-0.1, -0.05) is 44.7 Å². The summed E-state index contributed by atoms with van der Waals surface area (Å²) in [6, 6.07) is 7.19. The van der Waals surface area contributed by atoms with Crippen LogP contribution in [0.2, 0.25) is 0 Å². The van der Waals surface area contributed by atoms with Gasteiger partial charge in [-0.3, -0.25) is 9.59 Å². The average molecular weight is 416 g/mol. The number of fused-ring (bicyclic) bond motifs is 1. The first-order valence-electron chi connectivity index (χ1n) is 9.26. The monoisotopic (exact) mass is 415 g/mol. The lowest BCUT2D eigenvalue weighted by Crippen LogP contribution is -2.27. The second-order valence-electron chi connectivity index (χ2n) is 7.95. The quantitative estimate of drug-likeness (QED) is 0.621. The first-order valence-corrected chi connectivity index (χ1v) is 10.2. The summed E-state index contributed by atoms with van der Waals surface area (Å²) in [7, 11) is 1.73. The largest absolute Gasteiger partial charge is 0.503 e. The summed E-state index contributed by atoms with van der Waals surface area (Å²) in [5.41, 5.74) is 3.13. The number of hydrogen-bond acceptors (Lipinski definition) is 6. The van der Waals surface area contributed by atoms with Crippen LogP contribution in [0.25, 0.3) is 11.1 Å². The summed E-state index contributed by atoms with van der Waals surface area (Å²) >= 11 is 1.20. The minimum absolute atomic E-state index is 0.0559. The normalized spacial score (nSPS) is 11.8. The van der Waals surface area contributed by atoms with Crippen molar-refractivity contribution in [2.24, 2.45) is 7.05 Å². The van der Waals surface area contributed by atoms with Crippen molar-refractivity contribution in [3.63, 3.8) is 0 Å². The molecule has 0 aliphatic rings. The molecular weight excluding hydrogens is 390 g/mol. The number of para-hydroxylation sites is 1. The molecule has 0 bridgehead atoms. The fourth-order valence-electron chi connectivity index (χ4n) is 3.03. The van der Waals surface area contributed by atoms with Crippen LogP contribution in [0.4, 0.5) is 0 Å². The first-order chi connectivity index (χ1) is 13.6. The number of nitrogens with one attached hydrogen (secondary N) is 1. The Balaban J connectivity index is 1.67. The number of rotatable bonds is 5. The van der Waals surface area contributed by atoms with E-state index in [2.05, 4.69) is 31.1 Å². The van der Waals surface area contributed by atoms with E-state index in [0.717, 1.165) is 11.1 Å². The van der Waals surface area contributed by atoms with Crippen LogP contribution in [0.3, 0.4) is 0 Å². The average Bonchev–Trinajstić information content (AvgIpc) is 3.07. The van der Waals surface area contributed by atoms with E-state index in [9.17, 15) is 14.7 Å². The van der Waals surface area contributed by atoms with Gasteiger partial charge in [-0.2, -0.15) is 0 Å². The number of pyridine rings is 1. The van der Waals surface area contributed by atoms with Crippen LogP contribution in [0.15, 0.2) is 38.7 Å². The van der Waals surface area contributed by atoms with E-state index in [0.29, 0.717) is 22.2 Å². The predicted octanol–water partition coefficient (Wildman–Crippen LogP) is 3.25. The molecule has 2 N–H and O–H groups in total. The molecule has 0 radical (unpaired) electrons. The van der Waals surface area contributed by atoms with Gasteiger partial charge in [-0.25, -0.2) is 4.98 Å². The smallest absolute Gasteiger partial charge is 0.257 e. The third-order valence-corrected chi connectivity index (χ3v) is 5.60. The van der Waals surface area contributed by atoms with Gasteiger partial charge in [-0.05, 0) is 24.0 Å². The number of carbonyl (C=O) groups is 1. The highest BCUT2D eigenvalue weighted by molar-refractivity contribution is 7.99. The first kappa shape index (κ1) is 21.0. The summed E-state index contributed by atoms with van der Waals surface area (Å²) in [4.78, 5) is 28.6. The van der Waals surface area contributed by atoms with Gasteiger partial charge in [0.15, 0.2) is 11.3 Å². The van der Waals surface area contributed by atoms with Crippen molar-refractivity contribution in [3.05, 3.63) is 51.4 Å². The highest BCUT2D eigenvalue weighted by Crippen LogP contribution is 2.32. The van der Waals surface area contributed by atoms with E-state index < -0.39 is 5.43 Å². The zero-order chi connectivity index (χ0) is 21.3. The third-order valence-electron chi connectivity index (χ3n) is 4.77. The number of amides is 1. The molecule has 0 saturated carbocycles. The molecule has 7 nitrogen and oxygen atoms in total. The summed E-state index contributed by atoms with van der Waals surface area (Å²) in [5.74, 6) is -0.487. The second-order valence-corrected chi connectivity index (χ2v) is 8.88. The van der Waals surface area contributed by atoms with Crippen molar-refractivity contribution in [2.45, 2.75) is 44.9 Å². The highest BCUT2D eigenvalue weighted by atomic mass is 32.2. The summed E-state index contributed by atoms with van der Waals surface area (Å²) in [6.45, 7) is 8.17. The Labute approximate surface area is 173 Å². The van der Waals surface area contributed by atoms with Crippen molar-refractivity contribution < 1.29 is 14.3 Å². The lowest BCUT2D eigenvalue weighted by atomic mass is 9.86. The minimum atomic E-state index is -0.458. The number of aryl methyl sites for hydroxylation is 1. The minimum Gasteiger partial charge on any atom is -0.503 e. The molecule has 0 saturated heterocycles. The van der Waals surface area contributed by atoms with Crippen molar-refractivity contribution in [1.82, 2.24) is 14.9 Å². The zero-order valence-electron chi connectivity index (χ0n) is 17.2. The zero-order valence-corrected chi connectivity index (χ0v) is 18.0. The van der Waals surface area contributed by atoms with Crippen molar-refractivity contribution in [3.8, 4) is 5.75 Å². The van der Waals surface area contributed by atoms with E-state index >= 15 is 0 Å². The molecule has 2 heterocycles. The number of aromatic nitrogens is 2. The standard InChI is InChI=1S/C21H25N3O4S/c1-12-9-15(25)19(27)14(24(12)5)10-22-17(26)11-29-20-23-18-13(21(2,3)4)7-6-8-16(18)28-20/h6-9,27H,10-11H2,1-5H3,(H,22,26). The molecule has 1 amide bonds. The number of benzene rings is 1. The molecule has 0 atom stereocenters. The van der Waals surface area contributed by atoms with Gasteiger partial charge in [-0.15, -0.1) is 0 Å². The number of nitrogens with zero attached hydrogens (tertiary/aromatic N) is 2. The lowest BCUT2D eigenvalue weighted by molar-refractivity contribution is -0.118. The van der Waals surface area contributed by atoms with E-state index in [1.807, 2.05) is 18.2 Å². The van der Waals surface area contributed by atoms with Crippen LogP contribution in [0, 0.1) is 6.92 Å². The second kappa shape index (κ2) is 7.94. The van der Waals surface area contributed by atoms with Gasteiger partial charge in [0.1, 0.15) is 5.52 Å². The summed E-state index contributed by atoms with van der Waals surface area (Å²) in [5, 5.41) is 13.1. The number of hydrogen-bond donors (Lipinski definition) is 2. The van der Waals surface area contributed by atoms with Gasteiger partial charge in [0, 0.05) is 18.8 Å². The SMILES string of the molecule is Cc1cc(=O)c(O)c(CNC(=O)CSc2nc3c(C(C)(C)C)cccc3o2)n1C.